The number of aldehydes is 1. The van der Waals surface area contributed by atoms with Crippen LogP contribution in [0.2, 0.25) is 0 Å². The Morgan fingerprint density at radius 3 is 2.57 bits per heavy atom. The lowest BCUT2D eigenvalue weighted by atomic mass is 9.69. The van der Waals surface area contributed by atoms with Crippen molar-refractivity contribution in [2.24, 2.45) is 10.8 Å². The zero-order valence-corrected chi connectivity index (χ0v) is 9.63. The normalized spacial score (nSPS) is 35.6. The number of carbonyl (C=O) groups excluding carboxylic acids is 1. The topological polar surface area (TPSA) is 29.1 Å². The molecule has 1 aliphatic carbocycles. The molecule has 0 bridgehead atoms. The maximum Gasteiger partial charge on any atom is 0.129 e. The maximum absolute atomic E-state index is 11.0. The lowest BCUT2D eigenvalue weighted by Crippen LogP contribution is -2.46. The molecule has 0 heterocycles. The molecule has 0 spiro atoms. The number of nitrogens with one attached hydrogen (secondary N) is 1. The van der Waals surface area contributed by atoms with Gasteiger partial charge in [-0.1, -0.05) is 32.9 Å². The van der Waals surface area contributed by atoms with Gasteiger partial charge < -0.3 is 10.1 Å². The fourth-order valence-electron chi connectivity index (χ4n) is 1.96. The van der Waals surface area contributed by atoms with Crippen LogP contribution in [0.3, 0.4) is 0 Å². The van der Waals surface area contributed by atoms with Crippen molar-refractivity contribution < 1.29 is 4.79 Å². The zero-order chi connectivity index (χ0) is 10.8. The molecule has 0 aliphatic heterocycles. The Bertz CT molecular complexity index is 245. The van der Waals surface area contributed by atoms with E-state index in [0.29, 0.717) is 6.04 Å². The number of hydrogen-bond acceptors (Lipinski definition) is 2. The largest absolute Gasteiger partial charge is 0.313 e. The summed E-state index contributed by atoms with van der Waals surface area (Å²) in [6, 6.07) is 0.396. The summed E-state index contributed by atoms with van der Waals surface area (Å²) < 4.78 is 0. The Morgan fingerprint density at radius 1 is 1.43 bits per heavy atom. The highest BCUT2D eigenvalue weighted by molar-refractivity contribution is 5.62. The van der Waals surface area contributed by atoms with Gasteiger partial charge in [-0.05, 0) is 25.3 Å². The first kappa shape index (κ1) is 11.4. The molecule has 1 rings (SSSR count). The van der Waals surface area contributed by atoms with Crippen LogP contribution >= 0.6 is 0 Å². The SMILES string of the molecule is CCNC1CC(C)(C=O)C=CC1(C)C. The molecule has 0 aromatic rings. The van der Waals surface area contributed by atoms with Crippen molar-refractivity contribution in [1.82, 2.24) is 5.32 Å². The van der Waals surface area contributed by atoms with Crippen LogP contribution in [-0.2, 0) is 4.79 Å². The predicted molar refractivity (Wildman–Crippen MR) is 59.2 cm³/mol. The van der Waals surface area contributed by atoms with Crippen molar-refractivity contribution in [3.8, 4) is 0 Å². The van der Waals surface area contributed by atoms with Crippen LogP contribution < -0.4 is 5.32 Å². The average molecular weight is 195 g/mol. The molecule has 0 radical (unpaired) electrons. The summed E-state index contributed by atoms with van der Waals surface area (Å²) in [6.07, 6.45) is 6.17. The predicted octanol–water partition coefficient (Wildman–Crippen LogP) is 2.16. The van der Waals surface area contributed by atoms with E-state index in [-0.39, 0.29) is 10.8 Å². The third kappa shape index (κ3) is 2.24. The number of carbonyl (C=O) groups is 1. The smallest absolute Gasteiger partial charge is 0.129 e. The van der Waals surface area contributed by atoms with E-state index in [1.165, 1.54) is 0 Å². The van der Waals surface area contributed by atoms with Crippen LogP contribution in [0, 0.1) is 10.8 Å². The molecule has 14 heavy (non-hydrogen) atoms. The minimum Gasteiger partial charge on any atom is -0.313 e. The monoisotopic (exact) mass is 195 g/mol. The molecule has 2 heteroatoms. The molecule has 0 fully saturated rings. The molecular formula is C12H21NO. The molecule has 2 nitrogen and oxygen atoms in total. The molecule has 80 valence electrons. The molecule has 0 saturated carbocycles. The first-order chi connectivity index (χ1) is 6.43. The Hall–Kier alpha value is -0.630. The van der Waals surface area contributed by atoms with Crippen molar-refractivity contribution >= 4 is 6.29 Å². The van der Waals surface area contributed by atoms with Crippen LogP contribution in [0.5, 0.6) is 0 Å². The van der Waals surface area contributed by atoms with Crippen molar-refractivity contribution in [3.63, 3.8) is 0 Å². The van der Waals surface area contributed by atoms with E-state index in [9.17, 15) is 4.79 Å². The molecular weight excluding hydrogens is 174 g/mol. The van der Waals surface area contributed by atoms with Gasteiger partial charge in [-0.3, -0.25) is 0 Å². The van der Waals surface area contributed by atoms with Gasteiger partial charge in [0.1, 0.15) is 6.29 Å². The second kappa shape index (κ2) is 3.85. The Morgan fingerprint density at radius 2 is 2.07 bits per heavy atom. The lowest BCUT2D eigenvalue weighted by Gasteiger charge is -2.41. The second-order valence-corrected chi connectivity index (χ2v) is 5.09. The van der Waals surface area contributed by atoms with E-state index in [1.54, 1.807) is 0 Å². The Kier molecular flexibility index (Phi) is 3.15. The molecule has 2 unspecified atom stereocenters. The van der Waals surface area contributed by atoms with Crippen molar-refractivity contribution in [1.29, 1.82) is 0 Å². The molecule has 1 aliphatic rings. The van der Waals surface area contributed by atoms with Crippen LogP contribution in [-0.4, -0.2) is 18.9 Å². The van der Waals surface area contributed by atoms with Crippen LogP contribution in [0.25, 0.3) is 0 Å². The molecule has 0 saturated heterocycles. The van der Waals surface area contributed by atoms with Crippen LogP contribution in [0.1, 0.15) is 34.1 Å². The van der Waals surface area contributed by atoms with Gasteiger partial charge in [-0.15, -0.1) is 0 Å². The summed E-state index contributed by atoms with van der Waals surface area (Å²) >= 11 is 0. The van der Waals surface area contributed by atoms with E-state index >= 15 is 0 Å². The zero-order valence-electron chi connectivity index (χ0n) is 9.63. The minimum atomic E-state index is -0.275. The van der Waals surface area contributed by atoms with Crippen molar-refractivity contribution in [3.05, 3.63) is 12.2 Å². The summed E-state index contributed by atoms with van der Waals surface area (Å²) in [7, 11) is 0. The van der Waals surface area contributed by atoms with E-state index < -0.39 is 0 Å². The van der Waals surface area contributed by atoms with Crippen molar-refractivity contribution in [2.45, 2.75) is 40.2 Å². The van der Waals surface area contributed by atoms with Gasteiger partial charge in [0.15, 0.2) is 0 Å². The summed E-state index contributed by atoms with van der Waals surface area (Å²) in [5.41, 5.74) is -0.124. The molecule has 0 aromatic carbocycles. The summed E-state index contributed by atoms with van der Waals surface area (Å²) in [4.78, 5) is 11.0. The first-order valence-electron chi connectivity index (χ1n) is 5.33. The Balaban J connectivity index is 2.86. The van der Waals surface area contributed by atoms with Gasteiger partial charge in [0.25, 0.3) is 0 Å². The average Bonchev–Trinajstić information content (AvgIpc) is 2.13. The standard InChI is InChI=1S/C12H21NO/c1-5-13-10-8-12(4,9-14)7-6-11(10,2)3/h6-7,9-10,13H,5,8H2,1-4H3. The third-order valence-corrected chi connectivity index (χ3v) is 3.16. The lowest BCUT2D eigenvalue weighted by molar-refractivity contribution is -0.114. The van der Waals surface area contributed by atoms with Crippen LogP contribution in [0.15, 0.2) is 12.2 Å². The summed E-state index contributed by atoms with van der Waals surface area (Å²) in [5.74, 6) is 0. The van der Waals surface area contributed by atoms with Gasteiger partial charge in [-0.2, -0.15) is 0 Å². The fourth-order valence-corrected chi connectivity index (χ4v) is 1.96. The molecule has 0 amide bonds. The van der Waals surface area contributed by atoms with Crippen LogP contribution in [0.4, 0.5) is 0 Å². The highest BCUT2D eigenvalue weighted by Gasteiger charge is 2.37. The number of allylic oxidation sites excluding steroid dienone is 1. The highest BCUT2D eigenvalue weighted by Crippen LogP contribution is 2.38. The fraction of sp³-hybridized carbons (Fsp3) is 0.750. The second-order valence-electron chi connectivity index (χ2n) is 5.09. The van der Waals surface area contributed by atoms with E-state index in [2.05, 4.69) is 32.2 Å². The van der Waals surface area contributed by atoms with Gasteiger partial charge in [0, 0.05) is 11.5 Å². The van der Waals surface area contributed by atoms with Crippen molar-refractivity contribution in [2.75, 3.05) is 6.54 Å². The first-order valence-corrected chi connectivity index (χ1v) is 5.33. The van der Waals surface area contributed by atoms with E-state index in [4.69, 9.17) is 0 Å². The number of rotatable bonds is 3. The van der Waals surface area contributed by atoms with Gasteiger partial charge in [0.05, 0.1) is 0 Å². The highest BCUT2D eigenvalue weighted by atomic mass is 16.1. The van der Waals surface area contributed by atoms with E-state index in [0.717, 1.165) is 19.3 Å². The summed E-state index contributed by atoms with van der Waals surface area (Å²) in [6.45, 7) is 9.47. The quantitative estimate of drug-likeness (QED) is 0.552. The number of hydrogen-bond donors (Lipinski definition) is 1. The molecule has 2 atom stereocenters. The van der Waals surface area contributed by atoms with E-state index in [1.807, 2.05) is 13.0 Å². The van der Waals surface area contributed by atoms with Gasteiger partial charge in [0.2, 0.25) is 0 Å². The van der Waals surface area contributed by atoms with Gasteiger partial charge in [-0.25, -0.2) is 0 Å². The minimum absolute atomic E-state index is 0.151. The molecule has 0 aromatic heterocycles. The maximum atomic E-state index is 11.0. The summed E-state index contributed by atoms with van der Waals surface area (Å²) in [5, 5.41) is 3.45. The Labute approximate surface area is 86.8 Å². The van der Waals surface area contributed by atoms with Gasteiger partial charge >= 0.3 is 0 Å². The molecule has 1 N–H and O–H groups in total. The third-order valence-electron chi connectivity index (χ3n) is 3.16.